The molecule has 1 unspecified atom stereocenters. The molecule has 1 fully saturated rings. The van der Waals surface area contributed by atoms with Gasteiger partial charge in [0.05, 0.1) is 10.6 Å². The number of ketones is 1. The number of halogens is 11. The van der Waals surface area contributed by atoms with E-state index in [1.54, 1.807) is 0 Å². The van der Waals surface area contributed by atoms with Crippen molar-refractivity contribution in [2.75, 3.05) is 0 Å². The molecule has 1 atom stereocenters. The van der Waals surface area contributed by atoms with Crippen LogP contribution in [0.2, 0.25) is 5.02 Å². The molecule has 0 aliphatic heterocycles. The summed E-state index contributed by atoms with van der Waals surface area (Å²) in [5, 5.41) is -0.0792. The summed E-state index contributed by atoms with van der Waals surface area (Å²) in [4.78, 5) is 12.6. The fourth-order valence-corrected chi connectivity index (χ4v) is 4.61. The van der Waals surface area contributed by atoms with Gasteiger partial charge in [0, 0.05) is 34.9 Å². The number of hydrogen-bond donors (Lipinski definition) is 0. The average molecular weight is 622 g/mol. The molecule has 0 N–H and O–H groups in total. The Hall–Kier alpha value is -2.01. The molecule has 202 valence electrons. The van der Waals surface area contributed by atoms with Crippen molar-refractivity contribution in [3.63, 3.8) is 0 Å². The Morgan fingerprint density at radius 2 is 1.68 bits per heavy atom. The molecule has 1 aliphatic rings. The molecule has 0 amide bonds. The van der Waals surface area contributed by atoms with Crippen LogP contribution in [0.1, 0.15) is 65.1 Å². The second-order valence-corrected chi connectivity index (χ2v) is 10.2. The van der Waals surface area contributed by atoms with Gasteiger partial charge in [-0.15, -0.1) is 0 Å². The van der Waals surface area contributed by atoms with Crippen molar-refractivity contribution in [1.29, 1.82) is 0 Å². The monoisotopic (exact) mass is 620 g/mol. The van der Waals surface area contributed by atoms with E-state index in [2.05, 4.69) is 15.9 Å². The molecule has 3 rings (SSSR count). The minimum absolute atomic E-state index is 0.0333. The first-order chi connectivity index (χ1) is 17.0. The van der Waals surface area contributed by atoms with E-state index in [4.69, 9.17) is 11.6 Å². The molecule has 2 aromatic carbocycles. The van der Waals surface area contributed by atoms with Gasteiger partial charge in [0.15, 0.2) is 5.78 Å². The minimum atomic E-state index is -5.12. The Balaban J connectivity index is 1.94. The standard InChI is InChI=1S/C25H19BrClF9O/c26-19-4-2-14(11-20(19)27)17(24(31,32)33)12-21(28)15-1-3-16(18(10-15)25(34,35)36)22(37)9-13-5-7-23(29,30)8-6-13/h1-4,10-13,17H,5-9H2/b21-12-. The van der Waals surface area contributed by atoms with Crippen LogP contribution in [-0.4, -0.2) is 17.9 Å². The Morgan fingerprint density at radius 1 is 1.05 bits per heavy atom. The Morgan fingerprint density at radius 3 is 2.22 bits per heavy atom. The number of rotatable bonds is 6. The van der Waals surface area contributed by atoms with Crippen LogP contribution >= 0.6 is 27.5 Å². The number of alkyl halides is 8. The van der Waals surface area contributed by atoms with Gasteiger partial charge >= 0.3 is 12.4 Å². The molecule has 1 aliphatic carbocycles. The summed E-state index contributed by atoms with van der Waals surface area (Å²) in [5.41, 5.74) is -3.56. The normalized spacial score (nSPS) is 18.1. The number of Topliss-reactive ketones (excluding diaryl/α,β-unsaturated/α-hetero) is 1. The summed E-state index contributed by atoms with van der Waals surface area (Å²) in [6.07, 6.45) is -11.4. The summed E-state index contributed by atoms with van der Waals surface area (Å²) >= 11 is 8.87. The van der Waals surface area contributed by atoms with Gasteiger partial charge in [-0.05, 0) is 64.5 Å². The summed E-state index contributed by atoms with van der Waals surface area (Å²) in [7, 11) is 0. The van der Waals surface area contributed by atoms with Crippen LogP contribution in [-0.2, 0) is 6.18 Å². The van der Waals surface area contributed by atoms with Gasteiger partial charge in [-0.2, -0.15) is 26.3 Å². The van der Waals surface area contributed by atoms with Crippen LogP contribution in [0.5, 0.6) is 0 Å². The lowest BCUT2D eigenvalue weighted by molar-refractivity contribution is -0.140. The van der Waals surface area contributed by atoms with Gasteiger partial charge in [0.2, 0.25) is 5.92 Å². The lowest BCUT2D eigenvalue weighted by Crippen LogP contribution is -2.26. The van der Waals surface area contributed by atoms with E-state index in [1.165, 1.54) is 6.07 Å². The second-order valence-electron chi connectivity index (χ2n) is 8.89. The molecule has 2 aromatic rings. The van der Waals surface area contributed by atoms with Crippen LogP contribution in [0, 0.1) is 5.92 Å². The fourth-order valence-electron chi connectivity index (χ4n) is 4.17. The van der Waals surface area contributed by atoms with Gasteiger partial charge in [0.25, 0.3) is 0 Å². The maximum Gasteiger partial charge on any atom is 0.417 e. The van der Waals surface area contributed by atoms with Crippen molar-refractivity contribution < 1.29 is 44.3 Å². The van der Waals surface area contributed by atoms with E-state index in [1.807, 2.05) is 0 Å². The van der Waals surface area contributed by atoms with Crippen LogP contribution in [0.15, 0.2) is 46.9 Å². The number of benzene rings is 2. The molecule has 0 heterocycles. The molecular formula is C25H19BrClF9O. The van der Waals surface area contributed by atoms with Gasteiger partial charge < -0.3 is 0 Å². The predicted octanol–water partition coefficient (Wildman–Crippen LogP) is 10.2. The average Bonchev–Trinajstić information content (AvgIpc) is 2.79. The highest BCUT2D eigenvalue weighted by Gasteiger charge is 2.41. The third-order valence-electron chi connectivity index (χ3n) is 6.18. The van der Waals surface area contributed by atoms with Crippen LogP contribution < -0.4 is 0 Å². The number of hydrogen-bond acceptors (Lipinski definition) is 1. The van der Waals surface area contributed by atoms with E-state index in [0.29, 0.717) is 10.5 Å². The predicted molar refractivity (Wildman–Crippen MR) is 124 cm³/mol. The quantitative estimate of drug-likeness (QED) is 0.232. The van der Waals surface area contributed by atoms with E-state index in [0.717, 1.165) is 18.2 Å². The van der Waals surface area contributed by atoms with Crippen molar-refractivity contribution in [1.82, 2.24) is 0 Å². The summed E-state index contributed by atoms with van der Waals surface area (Å²) in [5.74, 6) is -8.47. The summed E-state index contributed by atoms with van der Waals surface area (Å²) in [6.45, 7) is 0. The zero-order chi connectivity index (χ0) is 27.8. The van der Waals surface area contributed by atoms with Crippen molar-refractivity contribution in [2.45, 2.75) is 56.3 Å². The first-order valence-electron chi connectivity index (χ1n) is 11.0. The highest BCUT2D eigenvalue weighted by molar-refractivity contribution is 9.10. The highest BCUT2D eigenvalue weighted by atomic mass is 79.9. The maximum absolute atomic E-state index is 14.9. The first-order valence-corrected chi connectivity index (χ1v) is 12.2. The number of carbonyl (C=O) groups is 1. The molecule has 0 radical (unpaired) electrons. The molecule has 0 bridgehead atoms. The molecule has 0 aromatic heterocycles. The molecule has 0 spiro atoms. The molecule has 37 heavy (non-hydrogen) atoms. The third kappa shape index (κ3) is 7.52. The maximum atomic E-state index is 14.9. The van der Waals surface area contributed by atoms with Gasteiger partial charge in [-0.25, -0.2) is 13.2 Å². The molecule has 0 saturated heterocycles. The zero-order valence-electron chi connectivity index (χ0n) is 18.8. The molecule has 1 nitrogen and oxygen atoms in total. The summed E-state index contributed by atoms with van der Waals surface area (Å²) in [6, 6.07) is 4.98. The first kappa shape index (κ1) is 29.5. The van der Waals surface area contributed by atoms with E-state index in [9.17, 15) is 44.3 Å². The largest absolute Gasteiger partial charge is 0.417 e. The lowest BCUT2D eigenvalue weighted by atomic mass is 9.82. The van der Waals surface area contributed by atoms with Crippen molar-refractivity contribution in [2.24, 2.45) is 5.92 Å². The number of allylic oxidation sites excluding steroid dienone is 1. The Labute approximate surface area is 219 Å². The molecular weight excluding hydrogens is 603 g/mol. The molecule has 12 heteroatoms. The van der Waals surface area contributed by atoms with E-state index >= 15 is 0 Å². The highest BCUT2D eigenvalue weighted by Crippen LogP contribution is 2.42. The van der Waals surface area contributed by atoms with E-state index < -0.39 is 83.2 Å². The van der Waals surface area contributed by atoms with Crippen molar-refractivity contribution >= 4 is 39.1 Å². The zero-order valence-corrected chi connectivity index (χ0v) is 21.1. The Kier molecular flexibility index (Phi) is 8.78. The third-order valence-corrected chi connectivity index (χ3v) is 7.41. The van der Waals surface area contributed by atoms with Crippen LogP contribution in [0.3, 0.4) is 0 Å². The van der Waals surface area contributed by atoms with Gasteiger partial charge in [-0.1, -0.05) is 29.8 Å². The second kappa shape index (κ2) is 11.0. The minimum Gasteiger partial charge on any atom is -0.294 e. The van der Waals surface area contributed by atoms with Gasteiger partial charge in [-0.3, -0.25) is 4.79 Å². The van der Waals surface area contributed by atoms with Crippen LogP contribution in [0.4, 0.5) is 39.5 Å². The van der Waals surface area contributed by atoms with Crippen LogP contribution in [0.25, 0.3) is 5.83 Å². The Bertz CT molecular complexity index is 1180. The lowest BCUT2D eigenvalue weighted by Gasteiger charge is -2.28. The van der Waals surface area contributed by atoms with E-state index in [-0.39, 0.29) is 30.0 Å². The van der Waals surface area contributed by atoms with Crippen molar-refractivity contribution in [3.8, 4) is 0 Å². The van der Waals surface area contributed by atoms with Crippen molar-refractivity contribution in [3.05, 3.63) is 74.2 Å². The smallest absolute Gasteiger partial charge is 0.294 e. The fraction of sp³-hybridized carbons (Fsp3) is 0.400. The summed E-state index contributed by atoms with van der Waals surface area (Å²) < 4.78 is 124. The molecule has 1 saturated carbocycles. The SMILES string of the molecule is O=C(CC1CCC(F)(F)CC1)c1ccc(/C(F)=C/C(c2ccc(Br)c(Cl)c2)C(F)(F)F)cc1C(F)(F)F. The number of carbonyl (C=O) groups excluding carboxylic acids is 1. The topological polar surface area (TPSA) is 17.1 Å². The van der Waals surface area contributed by atoms with Gasteiger partial charge in [0.1, 0.15) is 11.7 Å².